The van der Waals surface area contributed by atoms with E-state index in [1.165, 1.54) is 4.88 Å². The number of likely N-dealkylation sites (N-methyl/N-ethyl adjacent to an activating group) is 1. The minimum atomic E-state index is -0.0703. The van der Waals surface area contributed by atoms with Gasteiger partial charge in [-0.1, -0.05) is 6.07 Å². The molecule has 2 aromatic rings. The first-order valence-corrected chi connectivity index (χ1v) is 9.84. The zero-order valence-electron chi connectivity index (χ0n) is 15.3. The van der Waals surface area contributed by atoms with Gasteiger partial charge in [-0.05, 0) is 62.6 Å². The molecular weight excluding hydrogens is 348 g/mol. The summed E-state index contributed by atoms with van der Waals surface area (Å²) in [4.78, 5) is 15.8. The van der Waals surface area contributed by atoms with Crippen LogP contribution < -0.4 is 10.1 Å². The number of hydrogen-bond acceptors (Lipinski definition) is 5. The van der Waals surface area contributed by atoms with Crippen molar-refractivity contribution in [2.24, 2.45) is 0 Å². The molecule has 2 atom stereocenters. The first-order chi connectivity index (χ1) is 12.6. The van der Waals surface area contributed by atoms with Crippen molar-refractivity contribution in [3.8, 4) is 5.75 Å². The van der Waals surface area contributed by atoms with E-state index in [1.54, 1.807) is 23.5 Å². The fraction of sp³-hybridized carbons (Fsp3) is 0.450. The molecular formula is C20H26N2O3S. The van der Waals surface area contributed by atoms with Crippen molar-refractivity contribution in [3.05, 3.63) is 52.2 Å². The van der Waals surface area contributed by atoms with Gasteiger partial charge in [-0.3, -0.25) is 4.79 Å². The predicted octanol–water partition coefficient (Wildman–Crippen LogP) is 3.34. The van der Waals surface area contributed by atoms with Crippen molar-refractivity contribution >= 4 is 17.2 Å². The molecule has 0 unspecified atom stereocenters. The van der Waals surface area contributed by atoms with Crippen molar-refractivity contribution in [2.45, 2.75) is 25.0 Å². The highest BCUT2D eigenvalue weighted by Gasteiger charge is 2.18. The third-order valence-electron chi connectivity index (χ3n) is 4.53. The number of amides is 1. The van der Waals surface area contributed by atoms with Crippen LogP contribution in [0.4, 0.5) is 0 Å². The van der Waals surface area contributed by atoms with Gasteiger partial charge in [-0.25, -0.2) is 0 Å². The van der Waals surface area contributed by atoms with E-state index in [4.69, 9.17) is 9.47 Å². The Morgan fingerprint density at radius 3 is 2.77 bits per heavy atom. The smallest absolute Gasteiger partial charge is 0.251 e. The molecule has 0 saturated carbocycles. The summed E-state index contributed by atoms with van der Waals surface area (Å²) in [5.74, 6) is 0.695. The molecule has 1 aromatic heterocycles. The molecule has 0 bridgehead atoms. The highest BCUT2D eigenvalue weighted by Crippen LogP contribution is 2.22. The maximum Gasteiger partial charge on any atom is 0.251 e. The lowest BCUT2D eigenvalue weighted by Crippen LogP contribution is -2.34. The van der Waals surface area contributed by atoms with E-state index >= 15 is 0 Å². The Morgan fingerprint density at radius 1 is 1.35 bits per heavy atom. The van der Waals surface area contributed by atoms with Crippen molar-refractivity contribution in [3.63, 3.8) is 0 Å². The third-order valence-corrected chi connectivity index (χ3v) is 5.50. The zero-order valence-corrected chi connectivity index (χ0v) is 16.1. The Morgan fingerprint density at radius 2 is 2.15 bits per heavy atom. The quantitative estimate of drug-likeness (QED) is 0.770. The number of nitrogens with one attached hydrogen (secondary N) is 1. The number of thiophene rings is 1. The highest BCUT2D eigenvalue weighted by molar-refractivity contribution is 7.10. The van der Waals surface area contributed by atoms with Gasteiger partial charge < -0.3 is 19.7 Å². The van der Waals surface area contributed by atoms with Crippen LogP contribution in [-0.2, 0) is 4.74 Å². The number of benzene rings is 1. The maximum absolute atomic E-state index is 12.4. The minimum Gasteiger partial charge on any atom is -0.491 e. The third kappa shape index (κ3) is 5.06. The number of hydrogen-bond donors (Lipinski definition) is 1. The SMILES string of the molecule is CN(C)[C@H](CNC(=O)c1ccc(OC[C@H]2CCCO2)cc1)c1cccs1. The number of carbonyl (C=O) groups excluding carboxylic acids is 1. The molecule has 140 valence electrons. The van der Waals surface area contributed by atoms with Gasteiger partial charge in [0.05, 0.1) is 12.1 Å². The average Bonchev–Trinajstić information content (AvgIpc) is 3.34. The Labute approximate surface area is 158 Å². The van der Waals surface area contributed by atoms with Gasteiger partial charge in [-0.15, -0.1) is 11.3 Å². The zero-order chi connectivity index (χ0) is 18.4. The van der Waals surface area contributed by atoms with E-state index < -0.39 is 0 Å². The van der Waals surface area contributed by atoms with Gasteiger partial charge >= 0.3 is 0 Å². The molecule has 5 nitrogen and oxygen atoms in total. The predicted molar refractivity (Wildman–Crippen MR) is 104 cm³/mol. The second-order valence-corrected chi connectivity index (χ2v) is 7.65. The van der Waals surface area contributed by atoms with Gasteiger partial charge in [0.25, 0.3) is 5.91 Å². The highest BCUT2D eigenvalue weighted by atomic mass is 32.1. The van der Waals surface area contributed by atoms with Crippen LogP contribution in [0.25, 0.3) is 0 Å². The summed E-state index contributed by atoms with van der Waals surface area (Å²) in [6.45, 7) is 1.97. The Hall–Kier alpha value is -1.89. The minimum absolute atomic E-state index is 0.0703. The van der Waals surface area contributed by atoms with Crippen LogP contribution in [0.3, 0.4) is 0 Å². The summed E-state index contributed by atoms with van der Waals surface area (Å²) in [5.41, 5.74) is 0.637. The van der Waals surface area contributed by atoms with E-state index in [-0.39, 0.29) is 18.1 Å². The van der Waals surface area contributed by atoms with Crippen molar-refractivity contribution in [1.82, 2.24) is 10.2 Å². The van der Waals surface area contributed by atoms with Crippen LogP contribution in [0, 0.1) is 0 Å². The fourth-order valence-electron chi connectivity index (χ4n) is 2.98. The molecule has 6 heteroatoms. The van der Waals surface area contributed by atoms with Crippen LogP contribution in [0.1, 0.15) is 34.1 Å². The molecule has 3 rings (SSSR count). The molecule has 1 aliphatic heterocycles. The molecule has 1 amide bonds. The summed E-state index contributed by atoms with van der Waals surface area (Å²) >= 11 is 1.70. The molecule has 0 spiro atoms. The average molecular weight is 375 g/mol. The lowest BCUT2D eigenvalue weighted by atomic mass is 10.2. The number of carbonyl (C=O) groups is 1. The number of rotatable bonds is 8. The summed E-state index contributed by atoms with van der Waals surface area (Å²) in [7, 11) is 4.05. The van der Waals surface area contributed by atoms with Crippen LogP contribution in [0.2, 0.25) is 0 Å². The molecule has 0 aliphatic carbocycles. The summed E-state index contributed by atoms with van der Waals surface area (Å²) in [6, 6.07) is 11.6. The van der Waals surface area contributed by atoms with E-state index in [0.717, 1.165) is 25.2 Å². The summed E-state index contributed by atoms with van der Waals surface area (Å²) in [5, 5.41) is 5.09. The lowest BCUT2D eigenvalue weighted by Gasteiger charge is -2.23. The van der Waals surface area contributed by atoms with Crippen molar-refractivity contribution in [1.29, 1.82) is 0 Å². The molecule has 2 heterocycles. The molecule has 1 aromatic carbocycles. The Bertz CT molecular complexity index is 680. The van der Waals surface area contributed by atoms with E-state index in [2.05, 4.69) is 21.7 Å². The molecule has 1 fully saturated rings. The van der Waals surface area contributed by atoms with E-state index in [1.807, 2.05) is 32.3 Å². The Balaban J connectivity index is 1.50. The van der Waals surface area contributed by atoms with Crippen LogP contribution in [0.15, 0.2) is 41.8 Å². The normalized spacial score (nSPS) is 18.0. The second kappa shape index (κ2) is 9.16. The lowest BCUT2D eigenvalue weighted by molar-refractivity contribution is 0.0679. The van der Waals surface area contributed by atoms with Gasteiger partial charge in [-0.2, -0.15) is 0 Å². The monoisotopic (exact) mass is 374 g/mol. The Kier molecular flexibility index (Phi) is 6.66. The first kappa shape index (κ1) is 18.9. The van der Waals surface area contributed by atoms with E-state index in [9.17, 15) is 4.79 Å². The largest absolute Gasteiger partial charge is 0.491 e. The van der Waals surface area contributed by atoms with Crippen LogP contribution >= 0.6 is 11.3 Å². The summed E-state index contributed by atoms with van der Waals surface area (Å²) < 4.78 is 11.3. The molecule has 1 saturated heterocycles. The van der Waals surface area contributed by atoms with E-state index in [0.29, 0.717) is 18.7 Å². The fourth-order valence-corrected chi connectivity index (χ4v) is 3.90. The van der Waals surface area contributed by atoms with Gasteiger partial charge in [0.1, 0.15) is 12.4 Å². The topological polar surface area (TPSA) is 50.8 Å². The van der Waals surface area contributed by atoms with Crippen LogP contribution in [0.5, 0.6) is 5.75 Å². The van der Waals surface area contributed by atoms with Crippen molar-refractivity contribution < 1.29 is 14.3 Å². The molecule has 26 heavy (non-hydrogen) atoms. The number of ether oxygens (including phenoxy) is 2. The maximum atomic E-state index is 12.4. The molecule has 1 aliphatic rings. The van der Waals surface area contributed by atoms with Gasteiger partial charge in [0.15, 0.2) is 0 Å². The first-order valence-electron chi connectivity index (χ1n) is 8.96. The molecule has 1 N–H and O–H groups in total. The standard InChI is InChI=1S/C20H26N2O3S/c1-22(2)18(19-6-4-12-26-19)13-21-20(23)15-7-9-16(10-8-15)25-14-17-5-3-11-24-17/h4,6-10,12,17-18H,3,5,11,13-14H2,1-2H3,(H,21,23)/t17-,18-/m1/s1. The van der Waals surface area contributed by atoms with Gasteiger partial charge in [0.2, 0.25) is 0 Å². The van der Waals surface area contributed by atoms with Crippen molar-refractivity contribution in [2.75, 3.05) is 33.9 Å². The van der Waals surface area contributed by atoms with Crippen LogP contribution in [-0.4, -0.2) is 50.8 Å². The number of nitrogens with zero attached hydrogens (tertiary/aromatic N) is 1. The second-order valence-electron chi connectivity index (χ2n) is 6.68. The summed E-state index contributed by atoms with van der Waals surface area (Å²) in [6.07, 6.45) is 2.35. The molecule has 0 radical (unpaired) electrons. The van der Waals surface area contributed by atoms with Gasteiger partial charge in [0, 0.05) is 23.6 Å².